The minimum absolute atomic E-state index is 0.0454. The quantitative estimate of drug-likeness (QED) is 0.541. The monoisotopic (exact) mass is 278 g/mol. The Morgan fingerprint density at radius 3 is 2.50 bits per heavy atom. The fraction of sp³-hybridized carbons (Fsp3) is 0.455. The van der Waals surface area contributed by atoms with E-state index in [1.807, 2.05) is 34.0 Å². The summed E-state index contributed by atoms with van der Waals surface area (Å²) in [7, 11) is 1.84. The highest BCUT2D eigenvalue weighted by Gasteiger charge is 2.10. The number of nitrogen functional groups attached to an aromatic ring is 1. The van der Waals surface area contributed by atoms with Crippen molar-refractivity contribution in [3.63, 3.8) is 0 Å². The van der Waals surface area contributed by atoms with Crippen LogP contribution in [0.25, 0.3) is 0 Å². The smallest absolute Gasteiger partial charge is 0.323 e. The second-order valence-corrected chi connectivity index (χ2v) is 4.50. The number of ether oxygens (including phenoxy) is 1. The van der Waals surface area contributed by atoms with Gasteiger partial charge in [0.1, 0.15) is 0 Å². The van der Waals surface area contributed by atoms with Crippen molar-refractivity contribution in [2.24, 2.45) is 12.9 Å². The van der Waals surface area contributed by atoms with Crippen molar-refractivity contribution in [2.45, 2.75) is 26.9 Å². The Bertz CT molecular complexity index is 594. The maximum absolute atomic E-state index is 5.45. The normalized spacial score (nSPS) is 10.7. The number of nitrogens with one attached hydrogen (secondary N) is 2. The zero-order valence-electron chi connectivity index (χ0n) is 11.9. The van der Waals surface area contributed by atoms with Crippen molar-refractivity contribution < 1.29 is 4.74 Å². The Morgan fingerprint density at radius 1 is 1.25 bits per heavy atom. The van der Waals surface area contributed by atoms with Crippen LogP contribution in [0.15, 0.2) is 6.20 Å². The molecule has 0 amide bonds. The van der Waals surface area contributed by atoms with Crippen LogP contribution in [0.1, 0.15) is 19.5 Å². The van der Waals surface area contributed by atoms with Gasteiger partial charge in [0.15, 0.2) is 0 Å². The number of hydrogen-bond acceptors (Lipinski definition) is 8. The van der Waals surface area contributed by atoms with Crippen LogP contribution in [-0.4, -0.2) is 30.8 Å². The van der Waals surface area contributed by atoms with Gasteiger partial charge in [0, 0.05) is 13.2 Å². The van der Waals surface area contributed by atoms with E-state index >= 15 is 0 Å². The molecular formula is C11H18N8O. The molecule has 0 spiro atoms. The molecule has 0 aliphatic heterocycles. The first-order valence-electron chi connectivity index (χ1n) is 6.14. The van der Waals surface area contributed by atoms with Gasteiger partial charge in [0.05, 0.1) is 17.5 Å². The van der Waals surface area contributed by atoms with Gasteiger partial charge in [-0.2, -0.15) is 20.1 Å². The van der Waals surface area contributed by atoms with Gasteiger partial charge in [-0.25, -0.2) is 5.84 Å². The molecule has 2 aromatic rings. The highest BCUT2D eigenvalue weighted by atomic mass is 16.5. The topological polar surface area (TPSA) is 116 Å². The molecule has 0 saturated heterocycles. The molecule has 0 aliphatic carbocycles. The van der Waals surface area contributed by atoms with Gasteiger partial charge in [0.25, 0.3) is 0 Å². The van der Waals surface area contributed by atoms with Crippen LogP contribution in [0.2, 0.25) is 0 Å². The van der Waals surface area contributed by atoms with Crippen molar-refractivity contribution >= 4 is 17.6 Å². The number of hydrazine groups is 1. The summed E-state index contributed by atoms with van der Waals surface area (Å²) in [6.45, 7) is 5.66. The minimum Gasteiger partial charge on any atom is -0.461 e. The van der Waals surface area contributed by atoms with Gasteiger partial charge in [0.2, 0.25) is 11.9 Å². The fourth-order valence-corrected chi connectivity index (χ4v) is 1.58. The molecule has 108 valence electrons. The first-order valence-corrected chi connectivity index (χ1v) is 6.14. The van der Waals surface area contributed by atoms with Crippen LogP contribution in [0.4, 0.5) is 17.6 Å². The lowest BCUT2D eigenvalue weighted by Gasteiger charge is -2.10. The summed E-state index contributed by atoms with van der Waals surface area (Å²) in [6.07, 6.45) is 1.79. The van der Waals surface area contributed by atoms with Crippen molar-refractivity contribution in [1.29, 1.82) is 0 Å². The average Bonchev–Trinajstić information content (AvgIpc) is 2.66. The second kappa shape index (κ2) is 5.70. The third kappa shape index (κ3) is 3.32. The van der Waals surface area contributed by atoms with E-state index in [-0.39, 0.29) is 18.1 Å². The van der Waals surface area contributed by atoms with Crippen LogP contribution >= 0.6 is 0 Å². The molecule has 9 nitrogen and oxygen atoms in total. The molecule has 20 heavy (non-hydrogen) atoms. The van der Waals surface area contributed by atoms with E-state index in [0.29, 0.717) is 5.95 Å². The van der Waals surface area contributed by atoms with Crippen molar-refractivity contribution in [2.75, 3.05) is 10.7 Å². The molecule has 0 unspecified atom stereocenters. The summed E-state index contributed by atoms with van der Waals surface area (Å²) in [5.74, 6) is 5.90. The van der Waals surface area contributed by atoms with E-state index in [0.717, 1.165) is 11.4 Å². The van der Waals surface area contributed by atoms with Gasteiger partial charge in [-0.15, -0.1) is 0 Å². The summed E-state index contributed by atoms with van der Waals surface area (Å²) in [4.78, 5) is 12.3. The van der Waals surface area contributed by atoms with Crippen LogP contribution < -0.4 is 21.3 Å². The molecular weight excluding hydrogens is 260 g/mol. The molecule has 0 bridgehead atoms. The van der Waals surface area contributed by atoms with Crippen LogP contribution in [-0.2, 0) is 7.05 Å². The minimum atomic E-state index is -0.0454. The number of hydrogen-bond donors (Lipinski definition) is 3. The summed E-state index contributed by atoms with van der Waals surface area (Å²) >= 11 is 0. The van der Waals surface area contributed by atoms with E-state index in [9.17, 15) is 0 Å². The predicted octanol–water partition coefficient (Wildman–Crippen LogP) is 0.730. The Kier molecular flexibility index (Phi) is 3.99. The lowest BCUT2D eigenvalue weighted by Crippen LogP contribution is -2.15. The molecule has 2 rings (SSSR count). The number of anilines is 3. The zero-order chi connectivity index (χ0) is 14.7. The number of aryl methyl sites for hydroxylation is 2. The molecule has 0 fully saturated rings. The third-order valence-corrected chi connectivity index (χ3v) is 2.35. The average molecular weight is 278 g/mol. The molecule has 0 radical (unpaired) electrons. The Labute approximate surface area is 116 Å². The van der Waals surface area contributed by atoms with Gasteiger partial charge in [-0.1, -0.05) is 0 Å². The molecule has 0 aliphatic rings. The van der Waals surface area contributed by atoms with E-state index in [1.54, 1.807) is 4.68 Å². The maximum Gasteiger partial charge on any atom is 0.323 e. The number of aromatic nitrogens is 5. The Hall–Kier alpha value is -2.42. The molecule has 2 aromatic heterocycles. The summed E-state index contributed by atoms with van der Waals surface area (Å²) in [6, 6.07) is 0.201. The third-order valence-electron chi connectivity index (χ3n) is 2.35. The number of rotatable bonds is 5. The maximum atomic E-state index is 5.45. The summed E-state index contributed by atoms with van der Waals surface area (Å²) in [5.41, 5.74) is 4.02. The molecule has 0 aromatic carbocycles. The molecule has 2 heterocycles. The van der Waals surface area contributed by atoms with E-state index in [2.05, 4.69) is 30.8 Å². The number of nitrogens with two attached hydrogens (primary N) is 1. The lowest BCUT2D eigenvalue weighted by molar-refractivity contribution is 0.222. The Morgan fingerprint density at radius 2 is 1.95 bits per heavy atom. The molecule has 0 atom stereocenters. The van der Waals surface area contributed by atoms with Crippen LogP contribution in [0.5, 0.6) is 6.01 Å². The van der Waals surface area contributed by atoms with Crippen molar-refractivity contribution in [1.82, 2.24) is 24.7 Å². The molecule has 9 heteroatoms. The van der Waals surface area contributed by atoms with Gasteiger partial charge in [-0.3, -0.25) is 10.1 Å². The largest absolute Gasteiger partial charge is 0.461 e. The highest BCUT2D eigenvalue weighted by molar-refractivity contribution is 5.55. The van der Waals surface area contributed by atoms with Crippen LogP contribution in [0.3, 0.4) is 0 Å². The standard InChI is InChI=1S/C11H18N8O/c1-6(2)20-11-15-9(14-10(16-11)17-12)13-8-5-19(4)18-7(8)3/h5-6H,12H2,1-4H3,(H2,13,14,15,16,17). The fourth-order valence-electron chi connectivity index (χ4n) is 1.58. The van der Waals surface area contributed by atoms with E-state index in [4.69, 9.17) is 10.6 Å². The van der Waals surface area contributed by atoms with Crippen molar-refractivity contribution in [3.05, 3.63) is 11.9 Å². The second-order valence-electron chi connectivity index (χ2n) is 4.50. The first-order chi connectivity index (χ1) is 9.47. The first kappa shape index (κ1) is 14.0. The summed E-state index contributed by atoms with van der Waals surface area (Å²) in [5, 5.41) is 7.29. The SMILES string of the molecule is Cc1nn(C)cc1Nc1nc(NN)nc(OC(C)C)n1. The summed E-state index contributed by atoms with van der Waals surface area (Å²) < 4.78 is 7.15. The van der Waals surface area contributed by atoms with E-state index < -0.39 is 0 Å². The highest BCUT2D eigenvalue weighted by Crippen LogP contribution is 2.19. The van der Waals surface area contributed by atoms with E-state index in [1.165, 1.54) is 0 Å². The van der Waals surface area contributed by atoms with Crippen LogP contribution in [0, 0.1) is 6.92 Å². The zero-order valence-corrected chi connectivity index (χ0v) is 11.9. The lowest BCUT2D eigenvalue weighted by atomic mass is 10.4. The molecule has 4 N–H and O–H groups in total. The van der Waals surface area contributed by atoms with Crippen molar-refractivity contribution in [3.8, 4) is 6.01 Å². The van der Waals surface area contributed by atoms with Gasteiger partial charge < -0.3 is 10.1 Å². The molecule has 0 saturated carbocycles. The predicted molar refractivity (Wildman–Crippen MR) is 74.6 cm³/mol. The van der Waals surface area contributed by atoms with Gasteiger partial charge >= 0.3 is 6.01 Å². The number of nitrogens with zero attached hydrogens (tertiary/aromatic N) is 5. The Balaban J connectivity index is 2.28. The van der Waals surface area contributed by atoms with Gasteiger partial charge in [-0.05, 0) is 20.8 Å².